The topological polar surface area (TPSA) is 118 Å². The molecule has 1 aromatic carbocycles. The number of hydrogen-bond acceptors (Lipinski definition) is 4. The van der Waals surface area contributed by atoms with Crippen LogP contribution in [0.4, 0.5) is 0 Å². The summed E-state index contributed by atoms with van der Waals surface area (Å²) in [6.07, 6.45) is 1.03. The molecule has 1 rings (SSSR count). The number of aryl methyl sites for hydroxylation is 1. The lowest BCUT2D eigenvalue weighted by atomic mass is 9.86. The Labute approximate surface area is 111 Å². The minimum Gasteiger partial charge on any atom is -0.369 e. The van der Waals surface area contributed by atoms with Crippen LogP contribution in [-0.2, 0) is 16.0 Å². The van der Waals surface area contributed by atoms with Gasteiger partial charge in [-0.2, -0.15) is 0 Å². The molecule has 0 heterocycles. The lowest BCUT2D eigenvalue weighted by Crippen LogP contribution is -2.43. The van der Waals surface area contributed by atoms with Crippen LogP contribution in [0, 0.1) is 11.8 Å². The average molecular weight is 265 g/mol. The van der Waals surface area contributed by atoms with Gasteiger partial charge in [-0.25, -0.2) is 5.48 Å². The zero-order chi connectivity index (χ0) is 14.3. The fraction of sp³-hybridized carbons (Fsp3) is 0.385. The summed E-state index contributed by atoms with van der Waals surface area (Å²) in [5.74, 6) is -2.78. The Morgan fingerprint density at radius 2 is 1.84 bits per heavy atom. The first-order valence-corrected chi connectivity index (χ1v) is 6.07. The van der Waals surface area contributed by atoms with Crippen LogP contribution in [0.2, 0.25) is 0 Å². The van der Waals surface area contributed by atoms with Crippen molar-refractivity contribution in [1.82, 2.24) is 5.48 Å². The molecule has 0 fully saturated rings. The fourth-order valence-corrected chi connectivity index (χ4v) is 2.05. The Balaban J connectivity index is 2.72. The summed E-state index contributed by atoms with van der Waals surface area (Å²) in [5, 5.41) is 8.65. The van der Waals surface area contributed by atoms with Gasteiger partial charge in [0.05, 0.1) is 11.8 Å². The van der Waals surface area contributed by atoms with Crippen LogP contribution in [-0.4, -0.2) is 23.6 Å². The van der Waals surface area contributed by atoms with Crippen LogP contribution in [0.3, 0.4) is 0 Å². The third-order valence-corrected chi connectivity index (χ3v) is 3.14. The maximum absolute atomic E-state index is 11.5. The number of hydroxylamine groups is 1. The van der Waals surface area contributed by atoms with E-state index in [-0.39, 0.29) is 6.54 Å². The molecule has 0 radical (unpaired) electrons. The van der Waals surface area contributed by atoms with E-state index in [0.717, 1.165) is 5.56 Å². The predicted molar refractivity (Wildman–Crippen MR) is 69.9 cm³/mol. The molecule has 0 aliphatic heterocycles. The average Bonchev–Trinajstić information content (AvgIpc) is 2.43. The van der Waals surface area contributed by atoms with Gasteiger partial charge in [0, 0.05) is 6.54 Å². The molecule has 19 heavy (non-hydrogen) atoms. The van der Waals surface area contributed by atoms with E-state index in [1.165, 1.54) is 5.48 Å². The maximum Gasteiger partial charge on any atom is 0.248 e. The number of nitrogens with one attached hydrogen (secondary N) is 1. The highest BCUT2D eigenvalue weighted by Crippen LogP contribution is 2.18. The Morgan fingerprint density at radius 3 is 2.32 bits per heavy atom. The van der Waals surface area contributed by atoms with Crippen LogP contribution in [0.15, 0.2) is 30.3 Å². The van der Waals surface area contributed by atoms with Gasteiger partial charge in [0.2, 0.25) is 11.8 Å². The van der Waals surface area contributed by atoms with E-state index in [1.807, 2.05) is 30.3 Å². The van der Waals surface area contributed by atoms with E-state index in [1.54, 1.807) is 0 Å². The predicted octanol–water partition coefficient (Wildman–Crippen LogP) is -0.199. The second-order valence-corrected chi connectivity index (χ2v) is 4.35. The van der Waals surface area contributed by atoms with E-state index >= 15 is 0 Å². The fourth-order valence-electron chi connectivity index (χ4n) is 2.05. The zero-order valence-electron chi connectivity index (χ0n) is 10.6. The first-order valence-electron chi connectivity index (χ1n) is 6.07. The van der Waals surface area contributed by atoms with Crippen molar-refractivity contribution in [3.05, 3.63) is 35.9 Å². The largest absolute Gasteiger partial charge is 0.369 e. The molecule has 0 aromatic heterocycles. The molecule has 2 atom stereocenters. The number of hydrogen-bond donors (Lipinski definition) is 4. The van der Waals surface area contributed by atoms with Gasteiger partial charge in [0.1, 0.15) is 0 Å². The first kappa shape index (κ1) is 15.1. The summed E-state index contributed by atoms with van der Waals surface area (Å²) >= 11 is 0. The molecule has 0 spiro atoms. The maximum atomic E-state index is 11.5. The molecule has 2 unspecified atom stereocenters. The number of carbonyl (C=O) groups is 2. The van der Waals surface area contributed by atoms with Crippen LogP contribution < -0.4 is 16.9 Å². The molecule has 104 valence electrons. The molecule has 1 aromatic rings. The zero-order valence-corrected chi connectivity index (χ0v) is 10.6. The van der Waals surface area contributed by atoms with Crippen LogP contribution in [0.25, 0.3) is 0 Å². The summed E-state index contributed by atoms with van der Waals surface area (Å²) in [7, 11) is 0. The van der Waals surface area contributed by atoms with Crippen molar-refractivity contribution in [3.8, 4) is 0 Å². The van der Waals surface area contributed by atoms with Gasteiger partial charge in [0.25, 0.3) is 0 Å². The van der Waals surface area contributed by atoms with Gasteiger partial charge in [-0.15, -0.1) is 0 Å². The second-order valence-electron chi connectivity index (χ2n) is 4.35. The summed E-state index contributed by atoms with van der Waals surface area (Å²) in [6, 6.07) is 9.56. The highest BCUT2D eigenvalue weighted by atomic mass is 16.5. The molecule has 0 aliphatic carbocycles. The van der Waals surface area contributed by atoms with Crippen LogP contribution >= 0.6 is 0 Å². The number of carbonyl (C=O) groups excluding carboxylic acids is 2. The van der Waals surface area contributed by atoms with Gasteiger partial charge in [-0.05, 0) is 18.4 Å². The van der Waals surface area contributed by atoms with E-state index in [4.69, 9.17) is 16.7 Å². The molecular formula is C13H19N3O3. The molecular weight excluding hydrogens is 246 g/mol. The van der Waals surface area contributed by atoms with Gasteiger partial charge < -0.3 is 11.5 Å². The van der Waals surface area contributed by atoms with Crippen molar-refractivity contribution in [2.45, 2.75) is 12.8 Å². The van der Waals surface area contributed by atoms with Crippen molar-refractivity contribution in [1.29, 1.82) is 0 Å². The van der Waals surface area contributed by atoms with E-state index < -0.39 is 23.7 Å². The molecule has 0 saturated carbocycles. The molecule has 6 heteroatoms. The molecule has 2 amide bonds. The minimum atomic E-state index is -0.814. The van der Waals surface area contributed by atoms with Gasteiger partial charge in [-0.1, -0.05) is 30.3 Å². The first-order chi connectivity index (χ1) is 9.10. The smallest absolute Gasteiger partial charge is 0.248 e. The van der Waals surface area contributed by atoms with Crippen molar-refractivity contribution in [2.75, 3.05) is 6.54 Å². The Morgan fingerprint density at radius 1 is 1.21 bits per heavy atom. The molecule has 6 N–H and O–H groups in total. The van der Waals surface area contributed by atoms with Crippen molar-refractivity contribution >= 4 is 11.8 Å². The van der Waals surface area contributed by atoms with Gasteiger partial charge in [0.15, 0.2) is 0 Å². The number of primary amides is 1. The molecule has 0 saturated heterocycles. The van der Waals surface area contributed by atoms with Crippen LogP contribution in [0.5, 0.6) is 0 Å². The normalized spacial score (nSPS) is 13.6. The van der Waals surface area contributed by atoms with Crippen molar-refractivity contribution in [3.63, 3.8) is 0 Å². The Kier molecular flexibility index (Phi) is 5.98. The summed E-state index contributed by atoms with van der Waals surface area (Å²) < 4.78 is 0. The van der Waals surface area contributed by atoms with Crippen LogP contribution in [0.1, 0.15) is 12.0 Å². The van der Waals surface area contributed by atoms with Crippen molar-refractivity contribution in [2.24, 2.45) is 23.3 Å². The van der Waals surface area contributed by atoms with Gasteiger partial charge >= 0.3 is 0 Å². The summed E-state index contributed by atoms with van der Waals surface area (Å²) in [4.78, 5) is 22.9. The summed E-state index contributed by atoms with van der Waals surface area (Å²) in [6.45, 7) is -0.0468. The lowest BCUT2D eigenvalue weighted by molar-refractivity contribution is -0.139. The quantitative estimate of drug-likeness (QED) is 0.403. The number of nitrogens with two attached hydrogens (primary N) is 2. The number of rotatable bonds is 7. The lowest BCUT2D eigenvalue weighted by Gasteiger charge is -2.21. The van der Waals surface area contributed by atoms with Crippen molar-refractivity contribution < 1.29 is 14.8 Å². The molecule has 0 bridgehead atoms. The van der Waals surface area contributed by atoms with Gasteiger partial charge in [-0.3, -0.25) is 14.8 Å². The van der Waals surface area contributed by atoms with E-state index in [9.17, 15) is 9.59 Å². The standard InChI is InChI=1S/C13H19N3O3/c14-8-11(13(18)16-19)10(12(15)17)7-6-9-4-2-1-3-5-9/h1-5,10-11,19H,6-8,14H2,(H2,15,17)(H,16,18). The molecule has 6 nitrogen and oxygen atoms in total. The third kappa shape index (κ3) is 4.35. The highest BCUT2D eigenvalue weighted by Gasteiger charge is 2.30. The minimum absolute atomic E-state index is 0.0468. The number of amides is 2. The Hall–Kier alpha value is -1.92. The van der Waals surface area contributed by atoms with E-state index in [2.05, 4.69) is 0 Å². The van der Waals surface area contributed by atoms with E-state index in [0.29, 0.717) is 12.8 Å². The monoisotopic (exact) mass is 265 g/mol. The Bertz CT molecular complexity index is 422. The third-order valence-electron chi connectivity index (χ3n) is 3.14. The summed E-state index contributed by atoms with van der Waals surface area (Å²) in [5.41, 5.74) is 13.4. The number of benzene rings is 1. The SMILES string of the molecule is NCC(C(=O)NO)C(CCc1ccccc1)C(N)=O. The second kappa shape index (κ2) is 7.50. The molecule has 0 aliphatic rings. The highest BCUT2D eigenvalue weighted by molar-refractivity contribution is 5.86.